The number of carbonyl (C=O) groups excluding carboxylic acids is 1. The van der Waals surface area contributed by atoms with E-state index in [4.69, 9.17) is 0 Å². The Labute approximate surface area is 120 Å². The Morgan fingerprint density at radius 3 is 2.67 bits per heavy atom. The Balaban J connectivity index is 1.78. The predicted molar refractivity (Wildman–Crippen MR) is 75.7 cm³/mol. The first kappa shape index (κ1) is 13.0. The number of rotatable bonds is 3. The van der Waals surface area contributed by atoms with Gasteiger partial charge in [0.05, 0.1) is 11.9 Å². The molecule has 1 heterocycles. The van der Waals surface area contributed by atoms with Crippen LogP contribution in [0.1, 0.15) is 10.5 Å². The minimum Gasteiger partial charge on any atom is -0.320 e. The third-order valence-electron chi connectivity index (χ3n) is 2.79. The third-order valence-corrected chi connectivity index (χ3v) is 2.79. The maximum Gasteiger partial charge on any atom is 0.277 e. The maximum absolute atomic E-state index is 13.1. The summed E-state index contributed by atoms with van der Waals surface area (Å²) in [5.41, 5.74) is 1.28. The zero-order valence-corrected chi connectivity index (χ0v) is 10.9. The van der Waals surface area contributed by atoms with Crippen LogP contribution in [0.4, 0.5) is 10.1 Å². The van der Waals surface area contributed by atoms with Crippen molar-refractivity contribution in [2.75, 3.05) is 5.32 Å². The topological polar surface area (TPSA) is 59.8 Å². The van der Waals surface area contributed by atoms with Crippen LogP contribution in [0.5, 0.6) is 0 Å². The van der Waals surface area contributed by atoms with E-state index < -0.39 is 11.7 Å². The molecule has 104 valence electrons. The normalized spacial score (nSPS) is 10.3. The van der Waals surface area contributed by atoms with Gasteiger partial charge in [-0.1, -0.05) is 24.3 Å². The van der Waals surface area contributed by atoms with Gasteiger partial charge in [-0.05, 0) is 30.3 Å². The molecule has 3 rings (SSSR count). The van der Waals surface area contributed by atoms with Gasteiger partial charge in [-0.3, -0.25) is 4.79 Å². The number of nitrogens with one attached hydrogen (secondary N) is 1. The van der Waals surface area contributed by atoms with Crippen molar-refractivity contribution < 1.29 is 9.18 Å². The molecular weight excluding hydrogens is 271 g/mol. The molecule has 5 nitrogen and oxygen atoms in total. The van der Waals surface area contributed by atoms with Crippen LogP contribution in [-0.2, 0) is 0 Å². The molecule has 1 aromatic heterocycles. The minimum atomic E-state index is -0.442. The summed E-state index contributed by atoms with van der Waals surface area (Å²) in [6, 6.07) is 14.9. The van der Waals surface area contributed by atoms with Crippen molar-refractivity contribution >= 4 is 11.6 Å². The van der Waals surface area contributed by atoms with Crippen LogP contribution in [-0.4, -0.2) is 20.9 Å². The van der Waals surface area contributed by atoms with E-state index in [2.05, 4.69) is 15.5 Å². The van der Waals surface area contributed by atoms with Crippen LogP contribution >= 0.6 is 0 Å². The smallest absolute Gasteiger partial charge is 0.277 e. The lowest BCUT2D eigenvalue weighted by Gasteiger charge is -2.02. The van der Waals surface area contributed by atoms with Gasteiger partial charge in [-0.25, -0.2) is 4.39 Å². The molecule has 0 fully saturated rings. The van der Waals surface area contributed by atoms with Crippen LogP contribution in [0.25, 0.3) is 5.69 Å². The SMILES string of the molecule is O=C(Nc1cccc(F)c1)c1cnn(-c2ccccc2)n1. The number of amides is 1. The predicted octanol–water partition coefficient (Wildman–Crippen LogP) is 2.66. The van der Waals surface area contributed by atoms with Crippen molar-refractivity contribution in [3.63, 3.8) is 0 Å². The van der Waals surface area contributed by atoms with Gasteiger partial charge < -0.3 is 5.32 Å². The van der Waals surface area contributed by atoms with E-state index in [0.717, 1.165) is 5.69 Å². The number of anilines is 1. The van der Waals surface area contributed by atoms with Crippen molar-refractivity contribution in [2.45, 2.75) is 0 Å². The van der Waals surface area contributed by atoms with Crippen molar-refractivity contribution in [1.29, 1.82) is 0 Å². The van der Waals surface area contributed by atoms with Gasteiger partial charge >= 0.3 is 0 Å². The van der Waals surface area contributed by atoms with Gasteiger partial charge in [0, 0.05) is 5.69 Å². The highest BCUT2D eigenvalue weighted by Crippen LogP contribution is 2.11. The molecule has 0 aliphatic rings. The molecule has 21 heavy (non-hydrogen) atoms. The second-order valence-electron chi connectivity index (χ2n) is 4.32. The average molecular weight is 282 g/mol. The van der Waals surface area contributed by atoms with E-state index in [1.807, 2.05) is 30.3 Å². The maximum atomic E-state index is 13.1. The zero-order valence-electron chi connectivity index (χ0n) is 10.9. The van der Waals surface area contributed by atoms with Gasteiger partial charge in [0.1, 0.15) is 5.82 Å². The Morgan fingerprint density at radius 1 is 1.10 bits per heavy atom. The third kappa shape index (κ3) is 2.94. The van der Waals surface area contributed by atoms with E-state index in [-0.39, 0.29) is 5.69 Å². The number of benzene rings is 2. The van der Waals surface area contributed by atoms with E-state index in [1.54, 1.807) is 6.07 Å². The van der Waals surface area contributed by atoms with Crippen LogP contribution in [0, 0.1) is 5.82 Å². The highest BCUT2D eigenvalue weighted by Gasteiger charge is 2.11. The fraction of sp³-hybridized carbons (Fsp3) is 0. The van der Waals surface area contributed by atoms with Crippen molar-refractivity contribution in [3.05, 3.63) is 72.3 Å². The first-order valence-corrected chi connectivity index (χ1v) is 6.27. The number of para-hydroxylation sites is 1. The summed E-state index contributed by atoms with van der Waals surface area (Å²) in [4.78, 5) is 13.4. The van der Waals surface area contributed by atoms with Crippen LogP contribution in [0.15, 0.2) is 60.8 Å². The van der Waals surface area contributed by atoms with E-state index in [1.165, 1.54) is 29.2 Å². The summed E-state index contributed by atoms with van der Waals surface area (Å²) in [7, 11) is 0. The second-order valence-corrected chi connectivity index (χ2v) is 4.32. The van der Waals surface area contributed by atoms with E-state index in [9.17, 15) is 9.18 Å². The molecule has 3 aromatic rings. The molecule has 1 N–H and O–H groups in total. The number of carbonyl (C=O) groups is 1. The molecule has 1 amide bonds. The highest BCUT2D eigenvalue weighted by molar-refractivity contribution is 6.02. The number of nitrogens with zero attached hydrogens (tertiary/aromatic N) is 3. The van der Waals surface area contributed by atoms with E-state index in [0.29, 0.717) is 5.69 Å². The first-order chi connectivity index (χ1) is 10.2. The van der Waals surface area contributed by atoms with Gasteiger partial charge in [-0.15, -0.1) is 5.10 Å². The number of hydrogen-bond acceptors (Lipinski definition) is 3. The van der Waals surface area contributed by atoms with Crippen LogP contribution in [0.2, 0.25) is 0 Å². The van der Waals surface area contributed by atoms with Crippen molar-refractivity contribution in [2.24, 2.45) is 0 Å². The average Bonchev–Trinajstić information content (AvgIpc) is 2.98. The van der Waals surface area contributed by atoms with Gasteiger partial charge in [0.2, 0.25) is 0 Å². The second kappa shape index (κ2) is 5.54. The Hall–Kier alpha value is -3.02. The van der Waals surface area contributed by atoms with Gasteiger partial charge in [-0.2, -0.15) is 9.90 Å². The van der Waals surface area contributed by atoms with E-state index >= 15 is 0 Å². The number of hydrogen-bond donors (Lipinski definition) is 1. The standard InChI is InChI=1S/C15H11FN4O/c16-11-5-4-6-12(9-11)18-15(21)14-10-17-20(19-14)13-7-2-1-3-8-13/h1-10H,(H,18,21). The lowest BCUT2D eigenvalue weighted by Crippen LogP contribution is -2.13. The molecule has 0 aliphatic heterocycles. The summed E-state index contributed by atoms with van der Waals surface area (Å²) in [5.74, 6) is -0.858. The fourth-order valence-electron chi connectivity index (χ4n) is 1.81. The molecule has 0 saturated carbocycles. The molecule has 0 saturated heterocycles. The molecule has 0 atom stereocenters. The summed E-state index contributed by atoms with van der Waals surface area (Å²) in [6.07, 6.45) is 1.36. The van der Waals surface area contributed by atoms with Crippen LogP contribution < -0.4 is 5.32 Å². The quantitative estimate of drug-likeness (QED) is 0.803. The monoisotopic (exact) mass is 282 g/mol. The lowest BCUT2D eigenvalue weighted by molar-refractivity contribution is 0.102. The molecule has 0 unspecified atom stereocenters. The Kier molecular flexibility index (Phi) is 3.42. The molecule has 6 heteroatoms. The Bertz CT molecular complexity index is 770. The zero-order chi connectivity index (χ0) is 14.7. The largest absolute Gasteiger partial charge is 0.320 e. The summed E-state index contributed by atoms with van der Waals surface area (Å²) in [6.45, 7) is 0. The fourth-order valence-corrected chi connectivity index (χ4v) is 1.81. The molecular formula is C15H11FN4O. The van der Waals surface area contributed by atoms with Crippen molar-refractivity contribution in [3.8, 4) is 5.69 Å². The van der Waals surface area contributed by atoms with Crippen molar-refractivity contribution in [1.82, 2.24) is 15.0 Å². The summed E-state index contributed by atoms with van der Waals surface area (Å²) >= 11 is 0. The molecule has 0 aliphatic carbocycles. The number of halogens is 1. The molecule has 0 radical (unpaired) electrons. The van der Waals surface area contributed by atoms with Gasteiger partial charge in [0.25, 0.3) is 5.91 Å². The highest BCUT2D eigenvalue weighted by atomic mass is 19.1. The van der Waals surface area contributed by atoms with Gasteiger partial charge in [0.15, 0.2) is 5.69 Å². The number of aromatic nitrogens is 3. The molecule has 0 bridgehead atoms. The minimum absolute atomic E-state index is 0.156. The summed E-state index contributed by atoms with van der Waals surface area (Å²) in [5, 5.41) is 10.7. The molecule has 2 aromatic carbocycles. The molecule has 0 spiro atoms. The Morgan fingerprint density at radius 2 is 1.90 bits per heavy atom. The summed E-state index contributed by atoms with van der Waals surface area (Å²) < 4.78 is 13.1. The first-order valence-electron chi connectivity index (χ1n) is 6.27. The van der Waals surface area contributed by atoms with Crippen LogP contribution in [0.3, 0.4) is 0 Å². The lowest BCUT2D eigenvalue weighted by atomic mass is 10.3.